The number of fused-ring (bicyclic) bond motifs is 3. The summed E-state index contributed by atoms with van der Waals surface area (Å²) in [7, 11) is -3.17. The molecule has 1 N–H and O–H groups in total. The van der Waals surface area contributed by atoms with Gasteiger partial charge in [0.05, 0.1) is 11.7 Å². The van der Waals surface area contributed by atoms with Gasteiger partial charge in [-0.05, 0) is 17.7 Å². The molecule has 0 aromatic heterocycles. The van der Waals surface area contributed by atoms with Crippen LogP contribution in [0.15, 0.2) is 48.5 Å². The summed E-state index contributed by atoms with van der Waals surface area (Å²) in [5.41, 5.74) is 1.76. The van der Waals surface area contributed by atoms with E-state index in [0.29, 0.717) is 11.1 Å². The van der Waals surface area contributed by atoms with Crippen LogP contribution in [0.1, 0.15) is 6.42 Å². The van der Waals surface area contributed by atoms with Crippen molar-refractivity contribution in [1.82, 2.24) is 0 Å². The Morgan fingerprint density at radius 3 is 2.45 bits per heavy atom. The Hall–Kier alpha value is -2.06. The Morgan fingerprint density at radius 1 is 1.05 bits per heavy atom. The van der Waals surface area contributed by atoms with Gasteiger partial charge >= 0.3 is 5.97 Å². The van der Waals surface area contributed by atoms with Crippen molar-refractivity contribution in [1.29, 1.82) is 0 Å². The highest BCUT2D eigenvalue weighted by Crippen LogP contribution is 2.54. The van der Waals surface area contributed by atoms with Crippen molar-refractivity contribution in [2.45, 2.75) is 6.42 Å². The van der Waals surface area contributed by atoms with Gasteiger partial charge in [0.25, 0.3) is 7.37 Å². The summed E-state index contributed by atoms with van der Waals surface area (Å²) < 4.78 is 18.7. The minimum atomic E-state index is -3.17. The van der Waals surface area contributed by atoms with E-state index in [4.69, 9.17) is 9.63 Å². The van der Waals surface area contributed by atoms with Crippen LogP contribution < -0.4 is 9.83 Å². The van der Waals surface area contributed by atoms with Gasteiger partial charge in [-0.25, -0.2) is 0 Å². The molecule has 5 heteroatoms. The number of carboxylic acids is 1. The number of aliphatic carboxylic acids is 1. The van der Waals surface area contributed by atoms with Gasteiger partial charge in [-0.2, -0.15) is 0 Å². The van der Waals surface area contributed by atoms with Crippen LogP contribution in [0.3, 0.4) is 0 Å². The van der Waals surface area contributed by atoms with E-state index in [2.05, 4.69) is 0 Å². The van der Waals surface area contributed by atoms with E-state index in [-0.39, 0.29) is 12.6 Å². The number of benzene rings is 2. The van der Waals surface area contributed by atoms with Gasteiger partial charge in [0.1, 0.15) is 5.75 Å². The molecule has 0 fully saturated rings. The molecule has 0 saturated carbocycles. The van der Waals surface area contributed by atoms with E-state index in [1.807, 2.05) is 30.3 Å². The summed E-state index contributed by atoms with van der Waals surface area (Å²) in [5.74, 6) is -0.417. The predicted molar refractivity (Wildman–Crippen MR) is 76.9 cm³/mol. The SMILES string of the molecule is O=C(O)CCP1(=O)Oc2ccccc2-c2ccccc21. The van der Waals surface area contributed by atoms with Crippen LogP contribution >= 0.6 is 7.37 Å². The van der Waals surface area contributed by atoms with E-state index in [0.717, 1.165) is 11.1 Å². The van der Waals surface area contributed by atoms with E-state index in [9.17, 15) is 9.36 Å². The second-order valence-corrected chi connectivity index (χ2v) is 7.10. The summed E-state index contributed by atoms with van der Waals surface area (Å²) in [6.45, 7) is 0. The molecule has 2 aromatic rings. The smallest absolute Gasteiger partial charge is 0.303 e. The van der Waals surface area contributed by atoms with Gasteiger partial charge in [-0.15, -0.1) is 0 Å². The number of hydrogen-bond donors (Lipinski definition) is 1. The predicted octanol–water partition coefficient (Wildman–Crippen LogP) is 3.12. The minimum absolute atomic E-state index is 0.00762. The molecule has 2 aromatic carbocycles. The Kier molecular flexibility index (Phi) is 3.11. The number of hydrogen-bond acceptors (Lipinski definition) is 3. The molecule has 20 heavy (non-hydrogen) atoms. The average molecular weight is 288 g/mol. The number of rotatable bonds is 3. The molecular formula is C15H13O4P. The third kappa shape index (κ3) is 2.12. The maximum absolute atomic E-state index is 13.0. The van der Waals surface area contributed by atoms with Crippen LogP contribution in [-0.2, 0) is 9.36 Å². The van der Waals surface area contributed by atoms with E-state index < -0.39 is 13.3 Å². The first-order valence-electron chi connectivity index (χ1n) is 6.30. The lowest BCUT2D eigenvalue weighted by Crippen LogP contribution is -2.20. The van der Waals surface area contributed by atoms with Crippen molar-refractivity contribution in [2.24, 2.45) is 0 Å². The first kappa shape index (κ1) is 12.9. The van der Waals surface area contributed by atoms with E-state index in [1.165, 1.54) is 0 Å². The van der Waals surface area contributed by atoms with Gasteiger partial charge in [0.15, 0.2) is 0 Å². The quantitative estimate of drug-likeness (QED) is 0.881. The van der Waals surface area contributed by atoms with Crippen molar-refractivity contribution in [2.75, 3.05) is 6.16 Å². The molecule has 0 radical (unpaired) electrons. The molecule has 0 spiro atoms. The number of carboxylic acid groups (broad SMARTS) is 1. The maximum Gasteiger partial charge on any atom is 0.303 e. The Morgan fingerprint density at radius 2 is 1.70 bits per heavy atom. The van der Waals surface area contributed by atoms with Crippen LogP contribution in [-0.4, -0.2) is 17.2 Å². The Balaban J connectivity index is 2.13. The first-order chi connectivity index (χ1) is 9.60. The zero-order chi connectivity index (χ0) is 14.2. The van der Waals surface area contributed by atoms with Crippen molar-refractivity contribution < 1.29 is 19.0 Å². The molecule has 1 aliphatic rings. The van der Waals surface area contributed by atoms with Crippen LogP contribution in [0.5, 0.6) is 5.75 Å². The first-order valence-corrected chi connectivity index (χ1v) is 8.11. The lowest BCUT2D eigenvalue weighted by atomic mass is 10.0. The molecular weight excluding hydrogens is 275 g/mol. The fraction of sp³-hybridized carbons (Fsp3) is 0.133. The molecule has 0 amide bonds. The van der Waals surface area contributed by atoms with Gasteiger partial charge in [-0.1, -0.05) is 36.4 Å². The number of carbonyl (C=O) groups is 1. The monoisotopic (exact) mass is 288 g/mol. The normalized spacial score (nSPS) is 19.6. The van der Waals surface area contributed by atoms with Crippen molar-refractivity contribution in [3.05, 3.63) is 48.5 Å². The highest BCUT2D eigenvalue weighted by Gasteiger charge is 2.35. The highest BCUT2D eigenvalue weighted by atomic mass is 31.2. The third-order valence-electron chi connectivity index (χ3n) is 3.31. The lowest BCUT2D eigenvalue weighted by Gasteiger charge is -2.28. The van der Waals surface area contributed by atoms with Gasteiger partial charge < -0.3 is 9.63 Å². The van der Waals surface area contributed by atoms with E-state index in [1.54, 1.807) is 18.2 Å². The average Bonchev–Trinajstić information content (AvgIpc) is 2.46. The maximum atomic E-state index is 13.0. The lowest BCUT2D eigenvalue weighted by molar-refractivity contribution is -0.136. The fourth-order valence-electron chi connectivity index (χ4n) is 2.38. The largest absolute Gasteiger partial charge is 0.481 e. The molecule has 0 saturated heterocycles. The molecule has 0 bridgehead atoms. The van der Waals surface area contributed by atoms with Crippen molar-refractivity contribution in [3.8, 4) is 16.9 Å². The molecule has 0 aliphatic carbocycles. The second-order valence-electron chi connectivity index (χ2n) is 4.65. The van der Waals surface area contributed by atoms with Crippen molar-refractivity contribution in [3.63, 3.8) is 0 Å². The van der Waals surface area contributed by atoms with Gasteiger partial charge in [-0.3, -0.25) is 9.36 Å². The fourth-order valence-corrected chi connectivity index (χ4v) is 4.65. The summed E-state index contributed by atoms with van der Waals surface area (Å²) in [5, 5.41) is 9.44. The molecule has 1 unspecified atom stereocenters. The summed E-state index contributed by atoms with van der Waals surface area (Å²) in [6, 6.07) is 14.7. The molecule has 4 nitrogen and oxygen atoms in total. The van der Waals surface area contributed by atoms with Gasteiger partial charge in [0.2, 0.25) is 0 Å². The summed E-state index contributed by atoms with van der Waals surface area (Å²) >= 11 is 0. The molecule has 3 rings (SSSR count). The van der Waals surface area contributed by atoms with Crippen LogP contribution in [0.2, 0.25) is 0 Å². The molecule has 1 heterocycles. The third-order valence-corrected chi connectivity index (χ3v) is 5.74. The van der Waals surface area contributed by atoms with Gasteiger partial charge in [0, 0.05) is 11.7 Å². The second kappa shape index (κ2) is 4.80. The van der Waals surface area contributed by atoms with Crippen LogP contribution in [0.25, 0.3) is 11.1 Å². The Labute approximate surface area is 116 Å². The Bertz CT molecular complexity index is 723. The summed E-state index contributed by atoms with van der Waals surface area (Å²) in [4.78, 5) is 10.8. The minimum Gasteiger partial charge on any atom is -0.481 e. The molecule has 1 atom stereocenters. The van der Waals surface area contributed by atoms with Crippen molar-refractivity contribution >= 4 is 18.6 Å². The molecule has 102 valence electrons. The standard InChI is InChI=1S/C15H13O4P/c16-15(17)9-10-20(18)14-8-4-2-6-12(14)11-5-1-3-7-13(11)19-20/h1-8H,9-10H2,(H,16,17). The zero-order valence-corrected chi connectivity index (χ0v) is 11.5. The van der Waals surface area contributed by atoms with Crippen LogP contribution in [0, 0.1) is 0 Å². The summed E-state index contributed by atoms with van der Waals surface area (Å²) in [6.07, 6.45) is -0.165. The zero-order valence-electron chi connectivity index (χ0n) is 10.7. The molecule has 1 aliphatic heterocycles. The highest BCUT2D eigenvalue weighted by molar-refractivity contribution is 7.67. The van der Waals surface area contributed by atoms with E-state index >= 15 is 0 Å². The topological polar surface area (TPSA) is 63.6 Å². The van der Waals surface area contributed by atoms with Crippen LogP contribution in [0.4, 0.5) is 0 Å². The number of para-hydroxylation sites is 1.